The van der Waals surface area contributed by atoms with Gasteiger partial charge in [0.05, 0.1) is 24.9 Å². The van der Waals surface area contributed by atoms with Gasteiger partial charge in [0.15, 0.2) is 0 Å². The third-order valence-electron chi connectivity index (χ3n) is 2.87. The Kier molecular flexibility index (Phi) is 2.49. The second kappa shape index (κ2) is 3.51. The SMILES string of the molecule is CC(C)OCCN1CNC2(CC2)C1=O. The molecule has 1 saturated carbocycles. The van der Waals surface area contributed by atoms with Gasteiger partial charge in [-0.05, 0) is 26.7 Å². The summed E-state index contributed by atoms with van der Waals surface area (Å²) in [6.07, 6.45) is 2.26. The van der Waals surface area contributed by atoms with Crippen LogP contribution in [0.1, 0.15) is 26.7 Å². The molecule has 0 atom stereocenters. The lowest BCUT2D eigenvalue weighted by Gasteiger charge is -2.16. The first kappa shape index (κ1) is 9.93. The largest absolute Gasteiger partial charge is 0.377 e. The highest BCUT2D eigenvalue weighted by Gasteiger charge is 2.55. The zero-order chi connectivity index (χ0) is 10.2. The summed E-state index contributed by atoms with van der Waals surface area (Å²) >= 11 is 0. The van der Waals surface area contributed by atoms with Crippen LogP contribution in [0.4, 0.5) is 0 Å². The van der Waals surface area contributed by atoms with Crippen molar-refractivity contribution in [2.24, 2.45) is 0 Å². The van der Waals surface area contributed by atoms with Crippen LogP contribution in [0, 0.1) is 0 Å². The predicted molar refractivity (Wildman–Crippen MR) is 52.8 cm³/mol. The monoisotopic (exact) mass is 198 g/mol. The maximum atomic E-state index is 11.8. The molecule has 2 aliphatic rings. The lowest BCUT2D eigenvalue weighted by atomic mass is 10.3. The third-order valence-corrected chi connectivity index (χ3v) is 2.87. The smallest absolute Gasteiger partial charge is 0.244 e. The molecule has 4 nitrogen and oxygen atoms in total. The zero-order valence-electron chi connectivity index (χ0n) is 8.88. The van der Waals surface area contributed by atoms with Crippen LogP contribution in [-0.2, 0) is 9.53 Å². The number of hydrogen-bond donors (Lipinski definition) is 1. The lowest BCUT2D eigenvalue weighted by molar-refractivity contribution is -0.130. The molecule has 2 rings (SSSR count). The number of nitrogens with zero attached hydrogens (tertiary/aromatic N) is 1. The first-order chi connectivity index (χ1) is 6.64. The van der Waals surface area contributed by atoms with Crippen LogP contribution in [0.25, 0.3) is 0 Å². The summed E-state index contributed by atoms with van der Waals surface area (Å²) < 4.78 is 5.42. The minimum absolute atomic E-state index is 0.155. The molecule has 14 heavy (non-hydrogen) atoms. The van der Waals surface area contributed by atoms with Crippen molar-refractivity contribution in [3.05, 3.63) is 0 Å². The second-order valence-electron chi connectivity index (χ2n) is 4.41. The highest BCUT2D eigenvalue weighted by Crippen LogP contribution is 2.39. The van der Waals surface area contributed by atoms with E-state index in [2.05, 4.69) is 5.32 Å². The summed E-state index contributed by atoms with van der Waals surface area (Å²) in [5.41, 5.74) is -0.155. The van der Waals surface area contributed by atoms with Crippen LogP contribution in [0.15, 0.2) is 0 Å². The van der Waals surface area contributed by atoms with E-state index in [1.165, 1.54) is 0 Å². The molecule has 0 radical (unpaired) electrons. The third kappa shape index (κ3) is 1.77. The van der Waals surface area contributed by atoms with E-state index in [1.807, 2.05) is 18.7 Å². The Labute approximate surface area is 84.6 Å². The van der Waals surface area contributed by atoms with Gasteiger partial charge >= 0.3 is 0 Å². The molecule has 0 bridgehead atoms. The van der Waals surface area contributed by atoms with Crippen LogP contribution in [0.2, 0.25) is 0 Å². The van der Waals surface area contributed by atoms with Gasteiger partial charge < -0.3 is 9.64 Å². The first-order valence-electron chi connectivity index (χ1n) is 5.30. The first-order valence-corrected chi connectivity index (χ1v) is 5.30. The molecule has 1 saturated heterocycles. The van der Waals surface area contributed by atoms with E-state index in [4.69, 9.17) is 4.74 Å². The average molecular weight is 198 g/mol. The summed E-state index contributed by atoms with van der Waals surface area (Å²) in [5.74, 6) is 0.268. The Morgan fingerprint density at radius 1 is 1.57 bits per heavy atom. The van der Waals surface area contributed by atoms with Crippen LogP contribution in [0.5, 0.6) is 0 Å². The van der Waals surface area contributed by atoms with Gasteiger partial charge in [0, 0.05) is 6.54 Å². The van der Waals surface area contributed by atoms with E-state index in [1.54, 1.807) is 0 Å². The van der Waals surface area contributed by atoms with Crippen LogP contribution in [0.3, 0.4) is 0 Å². The van der Waals surface area contributed by atoms with Gasteiger partial charge in [-0.25, -0.2) is 0 Å². The standard InChI is InChI=1S/C10H18N2O2/c1-8(2)14-6-5-12-7-11-10(3-4-10)9(12)13/h8,11H,3-7H2,1-2H3. The minimum Gasteiger partial charge on any atom is -0.377 e. The van der Waals surface area contributed by atoms with Crippen LogP contribution in [-0.4, -0.2) is 42.3 Å². The normalized spacial score (nSPS) is 23.9. The van der Waals surface area contributed by atoms with Crippen molar-refractivity contribution < 1.29 is 9.53 Å². The number of nitrogens with one attached hydrogen (secondary N) is 1. The Morgan fingerprint density at radius 2 is 2.29 bits per heavy atom. The molecule has 0 aromatic rings. The van der Waals surface area contributed by atoms with Gasteiger partial charge in [0.2, 0.25) is 5.91 Å². The molecule has 1 aliphatic carbocycles. The van der Waals surface area contributed by atoms with Crippen molar-refractivity contribution in [3.8, 4) is 0 Å². The predicted octanol–water partition coefficient (Wildman–Crippen LogP) is 0.333. The summed E-state index contributed by atoms with van der Waals surface area (Å²) in [5, 5.41) is 3.27. The Morgan fingerprint density at radius 3 is 2.79 bits per heavy atom. The minimum atomic E-state index is -0.155. The topological polar surface area (TPSA) is 41.6 Å². The van der Waals surface area contributed by atoms with E-state index in [0.29, 0.717) is 19.8 Å². The van der Waals surface area contributed by atoms with Crippen molar-refractivity contribution in [1.29, 1.82) is 0 Å². The number of carbonyl (C=O) groups is 1. The fourth-order valence-electron chi connectivity index (χ4n) is 1.79. The molecule has 1 N–H and O–H groups in total. The number of amides is 1. The van der Waals surface area contributed by atoms with E-state index in [-0.39, 0.29) is 17.6 Å². The average Bonchev–Trinajstić information content (AvgIpc) is 2.84. The number of ether oxygens (including phenoxy) is 1. The van der Waals surface area contributed by atoms with E-state index < -0.39 is 0 Å². The molecule has 0 unspecified atom stereocenters. The van der Waals surface area contributed by atoms with Gasteiger partial charge in [-0.1, -0.05) is 0 Å². The van der Waals surface area contributed by atoms with Crippen LogP contribution >= 0.6 is 0 Å². The number of rotatable bonds is 4. The van der Waals surface area contributed by atoms with Gasteiger partial charge in [-0.3, -0.25) is 10.1 Å². The quantitative estimate of drug-likeness (QED) is 0.708. The van der Waals surface area contributed by atoms with Crippen LogP contribution < -0.4 is 5.32 Å². The van der Waals surface area contributed by atoms with Gasteiger partial charge in [0.25, 0.3) is 0 Å². The summed E-state index contributed by atoms with van der Waals surface area (Å²) in [7, 11) is 0. The summed E-state index contributed by atoms with van der Waals surface area (Å²) in [4.78, 5) is 13.6. The van der Waals surface area contributed by atoms with E-state index in [0.717, 1.165) is 12.8 Å². The number of hydrogen-bond acceptors (Lipinski definition) is 3. The molecule has 80 valence electrons. The van der Waals surface area contributed by atoms with E-state index in [9.17, 15) is 4.79 Å². The highest BCUT2D eigenvalue weighted by molar-refractivity contribution is 5.91. The van der Waals surface area contributed by atoms with Crippen molar-refractivity contribution in [3.63, 3.8) is 0 Å². The fourth-order valence-corrected chi connectivity index (χ4v) is 1.79. The van der Waals surface area contributed by atoms with Gasteiger partial charge in [-0.2, -0.15) is 0 Å². The number of carbonyl (C=O) groups excluding carboxylic acids is 1. The molecule has 1 amide bonds. The molecular formula is C10H18N2O2. The molecule has 1 aliphatic heterocycles. The fraction of sp³-hybridized carbons (Fsp3) is 0.900. The van der Waals surface area contributed by atoms with Crippen molar-refractivity contribution in [2.45, 2.75) is 38.3 Å². The molecule has 0 aromatic heterocycles. The molecule has 0 aromatic carbocycles. The summed E-state index contributed by atoms with van der Waals surface area (Å²) in [6.45, 7) is 6.06. The van der Waals surface area contributed by atoms with Gasteiger partial charge in [0.1, 0.15) is 0 Å². The second-order valence-corrected chi connectivity index (χ2v) is 4.41. The molecule has 1 heterocycles. The van der Waals surface area contributed by atoms with Crippen molar-refractivity contribution >= 4 is 5.91 Å². The van der Waals surface area contributed by atoms with Crippen molar-refractivity contribution in [1.82, 2.24) is 10.2 Å². The Hall–Kier alpha value is -0.610. The maximum absolute atomic E-state index is 11.8. The van der Waals surface area contributed by atoms with E-state index >= 15 is 0 Å². The highest BCUT2D eigenvalue weighted by atomic mass is 16.5. The zero-order valence-corrected chi connectivity index (χ0v) is 8.88. The molecule has 4 heteroatoms. The Balaban J connectivity index is 1.74. The molecule has 1 spiro atoms. The van der Waals surface area contributed by atoms with Crippen molar-refractivity contribution in [2.75, 3.05) is 19.8 Å². The summed E-state index contributed by atoms with van der Waals surface area (Å²) in [6, 6.07) is 0. The maximum Gasteiger partial charge on any atom is 0.244 e. The molecule has 2 fully saturated rings. The molecular weight excluding hydrogens is 180 g/mol. The van der Waals surface area contributed by atoms with Gasteiger partial charge in [-0.15, -0.1) is 0 Å². The Bertz CT molecular complexity index is 236. The lowest BCUT2D eigenvalue weighted by Crippen LogP contribution is -2.34.